The molecule has 1 aliphatic rings. The van der Waals surface area contributed by atoms with Crippen molar-refractivity contribution in [2.75, 3.05) is 0 Å². The van der Waals surface area contributed by atoms with Crippen LogP contribution in [0.5, 0.6) is 0 Å². The minimum absolute atomic E-state index is 0.0199. The zero-order valence-corrected chi connectivity index (χ0v) is 10.1. The van der Waals surface area contributed by atoms with E-state index in [4.69, 9.17) is 23.2 Å². The average molecular weight is 245 g/mol. The normalized spacial score (nSPS) is 27.1. The van der Waals surface area contributed by atoms with Crippen molar-refractivity contribution in [2.45, 2.75) is 29.7 Å². The lowest BCUT2D eigenvalue weighted by Gasteiger charge is -2.24. The second kappa shape index (κ2) is 3.65. The summed E-state index contributed by atoms with van der Waals surface area (Å²) in [4.78, 5) is 0. The van der Waals surface area contributed by atoms with Crippen LogP contribution >= 0.6 is 23.2 Å². The fraction of sp³-hybridized carbons (Fsp3) is 0.500. The molecule has 82 valence electrons. The highest BCUT2D eigenvalue weighted by atomic mass is 35.5. The monoisotopic (exact) mass is 244 g/mol. The molecule has 2 unspecified atom stereocenters. The number of halogens is 2. The molecule has 0 aliphatic heterocycles. The number of aliphatic hydroxyl groups is 1. The zero-order chi connectivity index (χ0) is 11.1. The molecular formula is C12H14Cl2O. The molecule has 0 bridgehead atoms. The highest BCUT2D eigenvalue weighted by molar-refractivity contribution is 6.51. The van der Waals surface area contributed by atoms with E-state index < -0.39 is 9.93 Å². The van der Waals surface area contributed by atoms with Crippen LogP contribution in [0.2, 0.25) is 0 Å². The minimum Gasteiger partial charge on any atom is -0.389 e. The molecular weight excluding hydrogens is 231 g/mol. The summed E-state index contributed by atoms with van der Waals surface area (Å²) in [6, 6.07) is 9.89. The lowest BCUT2D eigenvalue weighted by molar-refractivity contribution is 0.0363. The van der Waals surface area contributed by atoms with Crippen LogP contribution < -0.4 is 0 Å². The van der Waals surface area contributed by atoms with Crippen molar-refractivity contribution in [2.24, 2.45) is 5.92 Å². The van der Waals surface area contributed by atoms with E-state index in [1.54, 1.807) is 6.92 Å². The molecule has 0 heterocycles. The van der Waals surface area contributed by atoms with Gasteiger partial charge in [0.05, 0.1) is 5.60 Å². The van der Waals surface area contributed by atoms with Crippen molar-refractivity contribution < 1.29 is 5.11 Å². The third-order valence-corrected chi connectivity index (χ3v) is 3.82. The maximum absolute atomic E-state index is 10.3. The van der Waals surface area contributed by atoms with Gasteiger partial charge in [0.1, 0.15) is 4.33 Å². The summed E-state index contributed by atoms with van der Waals surface area (Å²) in [6.07, 6.45) is 1.27. The number of hydrogen-bond acceptors (Lipinski definition) is 1. The van der Waals surface area contributed by atoms with Crippen molar-refractivity contribution >= 4 is 23.2 Å². The first kappa shape index (κ1) is 11.3. The Morgan fingerprint density at radius 2 is 1.93 bits per heavy atom. The highest BCUT2D eigenvalue weighted by Gasteiger charge is 2.60. The van der Waals surface area contributed by atoms with Crippen LogP contribution in [-0.2, 0) is 6.42 Å². The van der Waals surface area contributed by atoms with Crippen molar-refractivity contribution in [3.63, 3.8) is 0 Å². The van der Waals surface area contributed by atoms with Gasteiger partial charge in [-0.3, -0.25) is 0 Å². The minimum atomic E-state index is -0.815. The number of alkyl halides is 2. The predicted molar refractivity (Wildman–Crippen MR) is 63.3 cm³/mol. The third-order valence-electron chi connectivity index (χ3n) is 2.98. The standard InChI is InChI=1S/C12H14Cl2O/c1-11(15,10-8-12(10,13)14)7-9-5-3-2-4-6-9/h2-6,10,15H,7-8H2,1H3. The first-order valence-electron chi connectivity index (χ1n) is 5.06. The Hall–Kier alpha value is -0.240. The van der Waals surface area contributed by atoms with Gasteiger partial charge in [0.2, 0.25) is 0 Å². The summed E-state index contributed by atoms with van der Waals surface area (Å²) in [6.45, 7) is 1.80. The molecule has 15 heavy (non-hydrogen) atoms. The van der Waals surface area contributed by atoms with E-state index in [0.29, 0.717) is 12.8 Å². The molecule has 2 atom stereocenters. The Labute approximate surface area is 100 Å². The second-order valence-electron chi connectivity index (χ2n) is 4.54. The molecule has 1 aliphatic carbocycles. The predicted octanol–water partition coefficient (Wildman–Crippen LogP) is 3.17. The quantitative estimate of drug-likeness (QED) is 0.811. The van der Waals surface area contributed by atoms with Crippen LogP contribution in [-0.4, -0.2) is 15.0 Å². The molecule has 1 fully saturated rings. The summed E-state index contributed by atoms with van der Waals surface area (Å²) in [7, 11) is 0. The van der Waals surface area contributed by atoms with E-state index in [1.165, 1.54) is 0 Å². The maximum atomic E-state index is 10.3. The first-order valence-corrected chi connectivity index (χ1v) is 5.81. The Morgan fingerprint density at radius 1 is 1.40 bits per heavy atom. The van der Waals surface area contributed by atoms with Gasteiger partial charge in [-0.2, -0.15) is 0 Å². The first-order chi connectivity index (χ1) is 6.92. The Balaban J connectivity index is 2.06. The molecule has 0 spiro atoms. The van der Waals surface area contributed by atoms with Crippen molar-refractivity contribution in [1.82, 2.24) is 0 Å². The lowest BCUT2D eigenvalue weighted by atomic mass is 9.92. The molecule has 0 aromatic heterocycles. The number of rotatable bonds is 3. The summed E-state index contributed by atoms with van der Waals surface area (Å²) < 4.78 is -0.724. The average Bonchev–Trinajstić information content (AvgIpc) is 2.77. The van der Waals surface area contributed by atoms with Crippen molar-refractivity contribution in [3.8, 4) is 0 Å². The van der Waals surface area contributed by atoms with E-state index in [1.807, 2.05) is 30.3 Å². The molecule has 1 aromatic rings. The molecule has 0 saturated heterocycles. The van der Waals surface area contributed by atoms with E-state index in [0.717, 1.165) is 5.56 Å². The molecule has 2 rings (SSSR count). The molecule has 1 saturated carbocycles. The van der Waals surface area contributed by atoms with Crippen LogP contribution in [0, 0.1) is 5.92 Å². The fourth-order valence-electron chi connectivity index (χ4n) is 2.02. The zero-order valence-electron chi connectivity index (χ0n) is 8.58. The van der Waals surface area contributed by atoms with Crippen LogP contribution in [0.1, 0.15) is 18.9 Å². The van der Waals surface area contributed by atoms with Gasteiger partial charge in [0.25, 0.3) is 0 Å². The summed E-state index contributed by atoms with van der Waals surface area (Å²) in [5, 5.41) is 10.3. The van der Waals surface area contributed by atoms with E-state index >= 15 is 0 Å². The van der Waals surface area contributed by atoms with Crippen molar-refractivity contribution in [1.29, 1.82) is 0 Å². The lowest BCUT2D eigenvalue weighted by Crippen LogP contribution is -2.32. The van der Waals surface area contributed by atoms with Crippen LogP contribution in [0.4, 0.5) is 0 Å². The molecule has 1 N–H and O–H groups in total. The van der Waals surface area contributed by atoms with Gasteiger partial charge < -0.3 is 5.11 Å². The Morgan fingerprint density at radius 3 is 2.40 bits per heavy atom. The molecule has 0 amide bonds. The SMILES string of the molecule is CC(O)(Cc1ccccc1)C1CC1(Cl)Cl. The number of benzene rings is 1. The summed E-state index contributed by atoms with van der Waals surface area (Å²) in [5.74, 6) is -0.0199. The Kier molecular flexibility index (Phi) is 2.74. The topological polar surface area (TPSA) is 20.2 Å². The van der Waals surface area contributed by atoms with Gasteiger partial charge in [0.15, 0.2) is 0 Å². The van der Waals surface area contributed by atoms with Gasteiger partial charge in [0, 0.05) is 12.3 Å². The number of hydrogen-bond donors (Lipinski definition) is 1. The van der Waals surface area contributed by atoms with Gasteiger partial charge >= 0.3 is 0 Å². The molecule has 3 heteroatoms. The van der Waals surface area contributed by atoms with Gasteiger partial charge in [-0.25, -0.2) is 0 Å². The second-order valence-corrected chi connectivity index (χ2v) is 6.08. The largest absolute Gasteiger partial charge is 0.389 e. The highest BCUT2D eigenvalue weighted by Crippen LogP contribution is 2.58. The van der Waals surface area contributed by atoms with Crippen LogP contribution in [0.15, 0.2) is 30.3 Å². The van der Waals surface area contributed by atoms with Crippen molar-refractivity contribution in [3.05, 3.63) is 35.9 Å². The summed E-state index contributed by atoms with van der Waals surface area (Å²) >= 11 is 11.9. The Bertz CT molecular complexity index is 346. The van der Waals surface area contributed by atoms with E-state index in [9.17, 15) is 5.11 Å². The summed E-state index contributed by atoms with van der Waals surface area (Å²) in [5.41, 5.74) is 0.295. The third kappa shape index (κ3) is 2.47. The van der Waals surface area contributed by atoms with Gasteiger partial charge in [-0.1, -0.05) is 30.3 Å². The van der Waals surface area contributed by atoms with Gasteiger partial charge in [-0.05, 0) is 18.9 Å². The maximum Gasteiger partial charge on any atom is 0.124 e. The smallest absolute Gasteiger partial charge is 0.124 e. The molecule has 1 aromatic carbocycles. The van der Waals surface area contributed by atoms with Gasteiger partial charge in [-0.15, -0.1) is 23.2 Å². The van der Waals surface area contributed by atoms with Crippen LogP contribution in [0.3, 0.4) is 0 Å². The van der Waals surface area contributed by atoms with E-state index in [-0.39, 0.29) is 5.92 Å². The molecule has 1 nitrogen and oxygen atoms in total. The van der Waals surface area contributed by atoms with Crippen LogP contribution in [0.25, 0.3) is 0 Å². The molecule has 0 radical (unpaired) electrons. The fourth-order valence-corrected chi connectivity index (χ4v) is 2.80. The van der Waals surface area contributed by atoms with E-state index in [2.05, 4.69) is 0 Å².